The fourth-order valence-corrected chi connectivity index (χ4v) is 3.80. The summed E-state index contributed by atoms with van der Waals surface area (Å²) in [5.74, 6) is 0.746. The number of aryl methyl sites for hydroxylation is 2. The van der Waals surface area contributed by atoms with Crippen molar-refractivity contribution in [3.05, 3.63) is 56.2 Å². The molecule has 0 unspecified atom stereocenters. The van der Waals surface area contributed by atoms with E-state index in [4.69, 9.17) is 0 Å². The van der Waals surface area contributed by atoms with E-state index in [0.29, 0.717) is 11.2 Å². The van der Waals surface area contributed by atoms with Gasteiger partial charge in [-0.3, -0.25) is 13.9 Å². The van der Waals surface area contributed by atoms with Crippen molar-refractivity contribution in [1.29, 1.82) is 0 Å². The molecule has 0 fully saturated rings. The number of benzene rings is 1. The topological polar surface area (TPSA) is 61.8 Å². The van der Waals surface area contributed by atoms with Crippen LogP contribution in [0.4, 0.5) is 0 Å². The lowest BCUT2D eigenvalue weighted by atomic mass is 9.87. The van der Waals surface area contributed by atoms with Crippen LogP contribution in [-0.2, 0) is 32.3 Å². The van der Waals surface area contributed by atoms with Crippen LogP contribution in [0.15, 0.2) is 39.0 Å². The number of thioether (sulfide) groups is 1. The first-order chi connectivity index (χ1) is 12.1. The van der Waals surface area contributed by atoms with Crippen LogP contribution in [0.1, 0.15) is 31.9 Å². The maximum atomic E-state index is 12.4. The highest BCUT2D eigenvalue weighted by molar-refractivity contribution is 7.98. The lowest BCUT2D eigenvalue weighted by Gasteiger charge is -2.19. The molecule has 3 rings (SSSR count). The number of rotatable bonds is 3. The Hall–Kier alpha value is -2.28. The van der Waals surface area contributed by atoms with Crippen molar-refractivity contribution in [3.63, 3.8) is 0 Å². The number of aromatic nitrogens is 4. The Morgan fingerprint density at radius 3 is 2.15 bits per heavy atom. The molecule has 0 saturated carbocycles. The molecule has 0 amide bonds. The molecule has 0 saturated heterocycles. The molecule has 7 heteroatoms. The maximum Gasteiger partial charge on any atom is 0.332 e. The van der Waals surface area contributed by atoms with Gasteiger partial charge in [0.2, 0.25) is 0 Å². The van der Waals surface area contributed by atoms with E-state index in [1.165, 1.54) is 22.7 Å². The van der Waals surface area contributed by atoms with Gasteiger partial charge in [-0.25, -0.2) is 9.78 Å². The van der Waals surface area contributed by atoms with Crippen LogP contribution in [0.5, 0.6) is 0 Å². The predicted molar refractivity (Wildman–Crippen MR) is 106 cm³/mol. The average Bonchev–Trinajstić information content (AvgIpc) is 2.92. The minimum atomic E-state index is -0.366. The standard InChI is InChI=1S/C19H24N4O2S/c1-19(2,3)13-9-7-12(8-10-13)11-26-17-20-15-14(21(17)4)16(24)23(6)18(25)22(15)5/h7-10H,11H2,1-6H3. The molecule has 0 radical (unpaired) electrons. The highest BCUT2D eigenvalue weighted by Gasteiger charge is 2.17. The highest BCUT2D eigenvalue weighted by Crippen LogP contribution is 2.26. The highest BCUT2D eigenvalue weighted by atomic mass is 32.2. The SMILES string of the molecule is Cn1c(=O)c2c(nc(SCc3ccc(C(C)(C)C)cc3)n2C)n(C)c1=O. The van der Waals surface area contributed by atoms with Crippen molar-refractivity contribution < 1.29 is 0 Å². The van der Waals surface area contributed by atoms with Crippen molar-refractivity contribution in [2.75, 3.05) is 0 Å². The third-order valence-corrected chi connectivity index (χ3v) is 5.72. The molecule has 0 aliphatic rings. The first-order valence-electron chi connectivity index (χ1n) is 8.46. The van der Waals surface area contributed by atoms with Gasteiger partial charge >= 0.3 is 5.69 Å². The van der Waals surface area contributed by atoms with E-state index in [-0.39, 0.29) is 16.7 Å². The summed E-state index contributed by atoms with van der Waals surface area (Å²) in [7, 11) is 4.93. The van der Waals surface area contributed by atoms with E-state index < -0.39 is 0 Å². The molecule has 2 heterocycles. The van der Waals surface area contributed by atoms with E-state index in [0.717, 1.165) is 15.5 Å². The molecule has 1 aromatic carbocycles. The molecule has 0 atom stereocenters. The van der Waals surface area contributed by atoms with Gasteiger partial charge in [-0.2, -0.15) is 0 Å². The molecule has 0 spiro atoms. The second-order valence-electron chi connectivity index (χ2n) is 7.57. The summed E-state index contributed by atoms with van der Waals surface area (Å²) >= 11 is 1.56. The van der Waals surface area contributed by atoms with Crippen LogP contribution < -0.4 is 11.2 Å². The van der Waals surface area contributed by atoms with Gasteiger partial charge in [0.25, 0.3) is 5.56 Å². The average molecular weight is 372 g/mol. The Balaban J connectivity index is 1.92. The molecular formula is C19H24N4O2S. The number of fused-ring (bicyclic) bond motifs is 1. The van der Waals surface area contributed by atoms with Crippen molar-refractivity contribution in [1.82, 2.24) is 18.7 Å². The summed E-state index contributed by atoms with van der Waals surface area (Å²) in [6.07, 6.45) is 0. The zero-order chi connectivity index (χ0) is 19.2. The minimum Gasteiger partial charge on any atom is -0.316 e. The van der Waals surface area contributed by atoms with Crippen LogP contribution in [0, 0.1) is 0 Å². The summed E-state index contributed by atoms with van der Waals surface area (Å²) in [6, 6.07) is 8.57. The Bertz CT molecular complexity index is 1080. The van der Waals surface area contributed by atoms with E-state index in [1.54, 1.807) is 23.4 Å². The van der Waals surface area contributed by atoms with Crippen molar-refractivity contribution in [2.24, 2.45) is 21.1 Å². The van der Waals surface area contributed by atoms with E-state index in [9.17, 15) is 9.59 Å². The number of hydrogen-bond donors (Lipinski definition) is 0. The van der Waals surface area contributed by atoms with Crippen LogP contribution in [-0.4, -0.2) is 18.7 Å². The minimum absolute atomic E-state index is 0.133. The van der Waals surface area contributed by atoms with Crippen LogP contribution in [0.3, 0.4) is 0 Å². The van der Waals surface area contributed by atoms with Gasteiger partial charge in [0.1, 0.15) is 0 Å². The quantitative estimate of drug-likeness (QED) is 0.663. The van der Waals surface area contributed by atoms with E-state index in [1.807, 2.05) is 7.05 Å². The third kappa shape index (κ3) is 3.11. The summed E-state index contributed by atoms with van der Waals surface area (Å²) in [5, 5.41) is 0.721. The Morgan fingerprint density at radius 1 is 0.962 bits per heavy atom. The molecule has 3 aromatic rings. The van der Waals surface area contributed by atoms with Gasteiger partial charge in [0, 0.05) is 26.9 Å². The maximum absolute atomic E-state index is 12.4. The number of nitrogens with zero attached hydrogens (tertiary/aromatic N) is 4. The Morgan fingerprint density at radius 2 is 1.58 bits per heavy atom. The van der Waals surface area contributed by atoms with Crippen LogP contribution >= 0.6 is 11.8 Å². The van der Waals surface area contributed by atoms with Gasteiger partial charge < -0.3 is 4.57 Å². The van der Waals surface area contributed by atoms with Gasteiger partial charge in [-0.1, -0.05) is 56.8 Å². The summed E-state index contributed by atoms with van der Waals surface area (Å²) < 4.78 is 4.30. The molecule has 2 aromatic heterocycles. The van der Waals surface area contributed by atoms with Gasteiger partial charge in [-0.05, 0) is 16.5 Å². The van der Waals surface area contributed by atoms with Crippen molar-refractivity contribution in [3.8, 4) is 0 Å². The second-order valence-corrected chi connectivity index (χ2v) is 8.51. The number of hydrogen-bond acceptors (Lipinski definition) is 4. The van der Waals surface area contributed by atoms with Gasteiger partial charge in [-0.15, -0.1) is 0 Å². The molecular weight excluding hydrogens is 348 g/mol. The molecule has 0 bridgehead atoms. The largest absolute Gasteiger partial charge is 0.332 e. The van der Waals surface area contributed by atoms with Crippen molar-refractivity contribution >= 4 is 22.9 Å². The monoisotopic (exact) mass is 372 g/mol. The Labute approximate surface area is 156 Å². The summed E-state index contributed by atoms with van der Waals surface area (Å²) in [6.45, 7) is 6.59. The van der Waals surface area contributed by atoms with E-state index in [2.05, 4.69) is 50.0 Å². The lowest BCUT2D eigenvalue weighted by molar-refractivity contribution is 0.590. The first kappa shape index (κ1) is 18.5. The Kier molecular flexibility index (Phi) is 4.60. The molecule has 138 valence electrons. The molecule has 6 nitrogen and oxygen atoms in total. The van der Waals surface area contributed by atoms with Gasteiger partial charge in [0.05, 0.1) is 0 Å². The smallest absolute Gasteiger partial charge is 0.316 e. The number of imidazole rings is 1. The summed E-state index contributed by atoms with van der Waals surface area (Å²) in [4.78, 5) is 29.0. The zero-order valence-corrected chi connectivity index (χ0v) is 16.8. The fourth-order valence-electron chi connectivity index (χ4n) is 2.88. The van der Waals surface area contributed by atoms with Crippen LogP contribution in [0.2, 0.25) is 0 Å². The molecule has 0 aliphatic carbocycles. The van der Waals surface area contributed by atoms with Gasteiger partial charge in [0.15, 0.2) is 16.3 Å². The lowest BCUT2D eigenvalue weighted by Crippen LogP contribution is -2.37. The fraction of sp³-hybridized carbons (Fsp3) is 0.421. The molecule has 26 heavy (non-hydrogen) atoms. The van der Waals surface area contributed by atoms with Crippen molar-refractivity contribution in [2.45, 2.75) is 37.1 Å². The first-order valence-corrected chi connectivity index (χ1v) is 9.44. The predicted octanol–water partition coefficient (Wildman–Crippen LogP) is 2.56. The third-order valence-electron chi connectivity index (χ3n) is 4.62. The molecule has 0 N–H and O–H groups in total. The van der Waals surface area contributed by atoms with E-state index >= 15 is 0 Å². The normalized spacial score (nSPS) is 12.1. The second kappa shape index (κ2) is 6.46. The molecule has 0 aliphatic heterocycles. The summed E-state index contributed by atoms with van der Waals surface area (Å²) in [5.41, 5.74) is 2.80. The zero-order valence-electron chi connectivity index (χ0n) is 16.0. The van der Waals surface area contributed by atoms with Crippen LogP contribution in [0.25, 0.3) is 11.2 Å².